The Morgan fingerprint density at radius 2 is 1.60 bits per heavy atom. The van der Waals surface area contributed by atoms with E-state index in [0.717, 1.165) is 22.4 Å². The van der Waals surface area contributed by atoms with Crippen LogP contribution in [-0.2, 0) is 19.2 Å². The highest BCUT2D eigenvalue weighted by atomic mass is 16.7. The zero-order chi connectivity index (χ0) is 24.7. The van der Waals surface area contributed by atoms with Gasteiger partial charge >= 0.3 is 5.97 Å². The van der Waals surface area contributed by atoms with Gasteiger partial charge in [0, 0.05) is 0 Å². The van der Waals surface area contributed by atoms with Crippen LogP contribution in [0, 0.1) is 19.8 Å². The second-order valence-electron chi connectivity index (χ2n) is 8.80. The van der Waals surface area contributed by atoms with E-state index in [0.29, 0.717) is 11.3 Å². The highest BCUT2D eigenvalue weighted by Gasteiger charge is 2.60. The van der Waals surface area contributed by atoms with Crippen molar-refractivity contribution >= 4 is 29.2 Å². The van der Waals surface area contributed by atoms with Gasteiger partial charge in [-0.3, -0.25) is 14.4 Å². The lowest BCUT2D eigenvalue weighted by Crippen LogP contribution is -2.37. The van der Waals surface area contributed by atoms with E-state index >= 15 is 0 Å². The van der Waals surface area contributed by atoms with Gasteiger partial charge in [0.05, 0.1) is 29.6 Å². The van der Waals surface area contributed by atoms with Gasteiger partial charge in [0.25, 0.3) is 5.91 Å². The number of aryl methyl sites for hydroxylation is 2. The number of esters is 1. The second-order valence-corrected chi connectivity index (χ2v) is 8.80. The van der Waals surface area contributed by atoms with Gasteiger partial charge in [0.2, 0.25) is 5.91 Å². The molecule has 3 aromatic carbocycles. The topological polar surface area (TPSA) is 76.2 Å². The number of rotatable bonds is 5. The number of fused-ring (bicyclic) bond motifs is 1. The SMILES string of the molecule is CCOC(=O)c1ccc(N2C(=O)C3ON(c4ccccc4C)C(c4ccc(C)cc4)C3C2=O)cc1. The van der Waals surface area contributed by atoms with Crippen molar-refractivity contribution in [2.75, 3.05) is 16.6 Å². The molecule has 178 valence electrons. The van der Waals surface area contributed by atoms with Gasteiger partial charge in [-0.25, -0.2) is 14.8 Å². The number of ether oxygens (including phenoxy) is 1. The number of hydrogen-bond acceptors (Lipinski definition) is 6. The summed E-state index contributed by atoms with van der Waals surface area (Å²) in [7, 11) is 0. The maximum atomic E-state index is 13.7. The molecule has 3 aromatic rings. The van der Waals surface area contributed by atoms with E-state index in [2.05, 4.69) is 0 Å². The zero-order valence-electron chi connectivity index (χ0n) is 19.8. The normalized spacial score (nSPS) is 21.4. The zero-order valence-corrected chi connectivity index (χ0v) is 19.8. The summed E-state index contributed by atoms with van der Waals surface area (Å²) in [4.78, 5) is 46.6. The van der Waals surface area contributed by atoms with Crippen LogP contribution in [0.1, 0.15) is 40.0 Å². The Kier molecular flexibility index (Phi) is 5.86. The molecule has 0 bridgehead atoms. The lowest BCUT2D eigenvalue weighted by Gasteiger charge is -2.29. The van der Waals surface area contributed by atoms with Crippen molar-refractivity contribution in [1.82, 2.24) is 0 Å². The molecule has 5 rings (SSSR count). The fourth-order valence-corrected chi connectivity index (χ4v) is 4.75. The molecule has 0 aliphatic carbocycles. The van der Waals surface area contributed by atoms with Crippen LogP contribution in [0.3, 0.4) is 0 Å². The summed E-state index contributed by atoms with van der Waals surface area (Å²) in [6.45, 7) is 5.97. The quantitative estimate of drug-likeness (QED) is 0.403. The molecule has 0 aromatic heterocycles. The van der Waals surface area contributed by atoms with Crippen molar-refractivity contribution in [2.24, 2.45) is 5.92 Å². The number of carbonyl (C=O) groups is 3. The van der Waals surface area contributed by atoms with Crippen molar-refractivity contribution < 1.29 is 24.0 Å². The highest BCUT2D eigenvalue weighted by molar-refractivity contribution is 6.24. The van der Waals surface area contributed by atoms with Crippen LogP contribution in [0.5, 0.6) is 0 Å². The summed E-state index contributed by atoms with van der Waals surface area (Å²) < 4.78 is 5.02. The first-order valence-electron chi connectivity index (χ1n) is 11.6. The van der Waals surface area contributed by atoms with E-state index < -0.39 is 29.9 Å². The molecular formula is C28H26N2O5. The van der Waals surface area contributed by atoms with Crippen LogP contribution in [0.2, 0.25) is 0 Å². The van der Waals surface area contributed by atoms with E-state index in [1.54, 1.807) is 36.3 Å². The minimum absolute atomic E-state index is 0.266. The number of hydroxylamine groups is 1. The first kappa shape index (κ1) is 22.8. The number of benzene rings is 3. The van der Waals surface area contributed by atoms with Crippen molar-refractivity contribution in [3.8, 4) is 0 Å². The smallest absolute Gasteiger partial charge is 0.338 e. The van der Waals surface area contributed by atoms with Crippen LogP contribution in [0.15, 0.2) is 72.8 Å². The summed E-state index contributed by atoms with van der Waals surface area (Å²) in [5.41, 5.74) is 4.55. The van der Waals surface area contributed by atoms with Gasteiger partial charge in [-0.2, -0.15) is 0 Å². The Morgan fingerprint density at radius 1 is 0.914 bits per heavy atom. The maximum Gasteiger partial charge on any atom is 0.338 e. The van der Waals surface area contributed by atoms with Gasteiger partial charge < -0.3 is 4.74 Å². The van der Waals surface area contributed by atoms with Gasteiger partial charge in [-0.05, 0) is 62.2 Å². The van der Waals surface area contributed by atoms with Crippen LogP contribution in [0.4, 0.5) is 11.4 Å². The summed E-state index contributed by atoms with van der Waals surface area (Å²) in [5.74, 6) is -1.91. The number of amides is 2. The molecule has 3 atom stereocenters. The molecule has 2 heterocycles. The number of carbonyl (C=O) groups excluding carboxylic acids is 3. The molecule has 7 nitrogen and oxygen atoms in total. The van der Waals surface area contributed by atoms with Crippen molar-refractivity contribution in [2.45, 2.75) is 32.9 Å². The first-order chi connectivity index (χ1) is 16.9. The average Bonchev–Trinajstić information content (AvgIpc) is 3.36. The first-order valence-corrected chi connectivity index (χ1v) is 11.6. The molecule has 7 heteroatoms. The van der Waals surface area contributed by atoms with Gasteiger partial charge in [0.1, 0.15) is 5.92 Å². The second kappa shape index (κ2) is 9.00. The third kappa shape index (κ3) is 3.88. The predicted octanol–water partition coefficient (Wildman–Crippen LogP) is 4.53. The Hall–Kier alpha value is -3.97. The van der Waals surface area contributed by atoms with Crippen LogP contribution in [-0.4, -0.2) is 30.5 Å². The lowest BCUT2D eigenvalue weighted by atomic mass is 9.90. The predicted molar refractivity (Wildman–Crippen MR) is 131 cm³/mol. The molecule has 2 aliphatic rings. The van der Waals surface area contributed by atoms with E-state index in [1.165, 1.54) is 4.90 Å². The molecule has 0 N–H and O–H groups in total. The monoisotopic (exact) mass is 470 g/mol. The molecule has 2 aliphatic heterocycles. The minimum atomic E-state index is -0.946. The number of nitrogens with zero attached hydrogens (tertiary/aromatic N) is 2. The molecule has 2 amide bonds. The molecule has 3 unspecified atom stereocenters. The molecule has 0 saturated carbocycles. The Balaban J connectivity index is 1.52. The molecule has 2 saturated heterocycles. The fraction of sp³-hybridized carbons (Fsp3) is 0.250. The third-order valence-electron chi connectivity index (χ3n) is 6.52. The number of hydrogen-bond donors (Lipinski definition) is 0. The summed E-state index contributed by atoms with van der Waals surface area (Å²) >= 11 is 0. The summed E-state index contributed by atoms with van der Waals surface area (Å²) in [5, 5.41) is 1.71. The Labute approximate surface area is 203 Å². The number of para-hydroxylation sites is 1. The number of imide groups is 1. The lowest BCUT2D eigenvalue weighted by molar-refractivity contribution is -0.126. The highest BCUT2D eigenvalue weighted by Crippen LogP contribution is 2.48. The van der Waals surface area contributed by atoms with Gasteiger partial charge in [-0.1, -0.05) is 48.0 Å². The van der Waals surface area contributed by atoms with Crippen LogP contribution >= 0.6 is 0 Å². The van der Waals surface area contributed by atoms with Crippen molar-refractivity contribution in [3.63, 3.8) is 0 Å². The molecule has 0 spiro atoms. The standard InChI is InChI=1S/C28H26N2O5/c1-4-34-28(33)20-13-15-21(16-14-20)29-26(31)23-24(19-11-9-17(2)10-12-19)30(35-25(23)27(29)32)22-8-6-5-7-18(22)3/h5-16,23-25H,4H2,1-3H3. The van der Waals surface area contributed by atoms with E-state index in [-0.39, 0.29) is 12.5 Å². The minimum Gasteiger partial charge on any atom is -0.462 e. The number of anilines is 2. The van der Waals surface area contributed by atoms with Gasteiger partial charge in [-0.15, -0.1) is 0 Å². The van der Waals surface area contributed by atoms with Crippen molar-refractivity contribution in [1.29, 1.82) is 0 Å². The third-order valence-corrected chi connectivity index (χ3v) is 6.52. The average molecular weight is 471 g/mol. The molecule has 0 radical (unpaired) electrons. The van der Waals surface area contributed by atoms with Gasteiger partial charge in [0.15, 0.2) is 6.10 Å². The van der Waals surface area contributed by atoms with E-state index in [9.17, 15) is 14.4 Å². The van der Waals surface area contributed by atoms with Crippen LogP contribution < -0.4 is 9.96 Å². The van der Waals surface area contributed by atoms with Crippen molar-refractivity contribution in [3.05, 3.63) is 95.1 Å². The van der Waals surface area contributed by atoms with Crippen LogP contribution in [0.25, 0.3) is 0 Å². The summed E-state index contributed by atoms with van der Waals surface area (Å²) in [6.07, 6.45) is -0.946. The largest absolute Gasteiger partial charge is 0.462 e. The summed E-state index contributed by atoms with van der Waals surface area (Å²) in [6, 6.07) is 21.5. The fourth-order valence-electron chi connectivity index (χ4n) is 4.75. The Bertz CT molecular complexity index is 1290. The maximum absolute atomic E-state index is 13.7. The Morgan fingerprint density at radius 3 is 2.26 bits per heavy atom. The molecular weight excluding hydrogens is 444 g/mol. The molecule has 2 fully saturated rings. The molecule has 35 heavy (non-hydrogen) atoms. The van der Waals surface area contributed by atoms with E-state index in [4.69, 9.17) is 9.57 Å². The van der Waals surface area contributed by atoms with E-state index in [1.807, 2.05) is 62.4 Å².